The second kappa shape index (κ2) is 6.21. The summed E-state index contributed by atoms with van der Waals surface area (Å²) in [5.74, 6) is -0.239. The summed E-state index contributed by atoms with van der Waals surface area (Å²) in [5, 5.41) is 3.83. The van der Waals surface area contributed by atoms with Crippen molar-refractivity contribution >= 4 is 17.6 Å². The highest BCUT2D eigenvalue weighted by Gasteiger charge is 2.21. The third-order valence-electron chi connectivity index (χ3n) is 2.29. The molecule has 0 saturated heterocycles. The van der Waals surface area contributed by atoms with Crippen LogP contribution in [0.4, 0.5) is 0 Å². The fourth-order valence-corrected chi connectivity index (χ4v) is 1.47. The van der Waals surface area contributed by atoms with Gasteiger partial charge in [0.15, 0.2) is 0 Å². The van der Waals surface area contributed by atoms with Gasteiger partial charge in [-0.1, -0.05) is 23.7 Å². The molecule has 0 aromatic heterocycles. The number of carbonyl (C=O) groups is 1. The maximum absolute atomic E-state index is 11.7. The Morgan fingerprint density at radius 2 is 1.89 bits per heavy atom. The van der Waals surface area contributed by atoms with E-state index in [4.69, 9.17) is 16.3 Å². The number of ether oxygens (including phenoxy) is 1. The summed E-state index contributed by atoms with van der Waals surface area (Å²) in [6.07, 6.45) is 0. The van der Waals surface area contributed by atoms with Crippen molar-refractivity contribution in [3.8, 4) is 0 Å². The van der Waals surface area contributed by atoms with E-state index in [1.54, 1.807) is 6.92 Å². The van der Waals surface area contributed by atoms with Crippen molar-refractivity contribution in [2.24, 2.45) is 0 Å². The smallest absolute Gasteiger partial charge is 0.323 e. The predicted molar refractivity (Wildman–Crippen MR) is 73.6 cm³/mol. The molecule has 18 heavy (non-hydrogen) atoms. The lowest BCUT2D eigenvalue weighted by Crippen LogP contribution is -2.38. The lowest BCUT2D eigenvalue weighted by Gasteiger charge is -2.22. The zero-order chi connectivity index (χ0) is 13.8. The Kier molecular flexibility index (Phi) is 5.17. The van der Waals surface area contributed by atoms with Crippen LogP contribution in [0.2, 0.25) is 5.02 Å². The van der Waals surface area contributed by atoms with Crippen molar-refractivity contribution in [2.75, 3.05) is 0 Å². The third-order valence-corrected chi connectivity index (χ3v) is 2.54. The van der Waals surface area contributed by atoms with Crippen molar-refractivity contribution < 1.29 is 9.53 Å². The molecule has 1 atom stereocenters. The number of nitrogens with one attached hydrogen (secondary N) is 1. The third kappa shape index (κ3) is 5.52. The largest absolute Gasteiger partial charge is 0.459 e. The van der Waals surface area contributed by atoms with Crippen LogP contribution < -0.4 is 5.32 Å². The average molecular weight is 270 g/mol. The van der Waals surface area contributed by atoms with E-state index in [1.807, 2.05) is 45.0 Å². The lowest BCUT2D eigenvalue weighted by atomic mass is 10.2. The molecule has 0 fully saturated rings. The van der Waals surface area contributed by atoms with Crippen LogP contribution in [0.5, 0.6) is 0 Å². The summed E-state index contributed by atoms with van der Waals surface area (Å²) in [6, 6.07) is 7.18. The molecule has 0 aliphatic heterocycles. The number of esters is 1. The molecular formula is C14H20ClNO2. The van der Waals surface area contributed by atoms with E-state index in [9.17, 15) is 4.79 Å². The van der Waals surface area contributed by atoms with Crippen LogP contribution in [0.3, 0.4) is 0 Å². The van der Waals surface area contributed by atoms with Gasteiger partial charge in [0.05, 0.1) is 0 Å². The summed E-state index contributed by atoms with van der Waals surface area (Å²) in [7, 11) is 0. The highest BCUT2D eigenvalue weighted by molar-refractivity contribution is 6.30. The maximum atomic E-state index is 11.7. The molecule has 1 aromatic rings. The van der Waals surface area contributed by atoms with Gasteiger partial charge in [0.1, 0.15) is 11.6 Å². The first-order chi connectivity index (χ1) is 8.28. The number of carbonyl (C=O) groups excluding carboxylic acids is 1. The Bertz CT molecular complexity index is 395. The van der Waals surface area contributed by atoms with Gasteiger partial charge < -0.3 is 10.1 Å². The minimum atomic E-state index is -0.451. The zero-order valence-electron chi connectivity index (χ0n) is 11.3. The standard InChI is InChI=1S/C14H20ClNO2/c1-10(13(17)18-14(2,3)4)16-9-11-5-7-12(15)8-6-11/h5-8,10,16H,9H2,1-4H3. The fourth-order valence-electron chi connectivity index (χ4n) is 1.35. The van der Waals surface area contributed by atoms with Gasteiger partial charge in [-0.3, -0.25) is 4.79 Å². The summed E-state index contributed by atoms with van der Waals surface area (Å²) >= 11 is 5.80. The van der Waals surface area contributed by atoms with Crippen molar-refractivity contribution in [2.45, 2.75) is 45.9 Å². The van der Waals surface area contributed by atoms with Crippen LogP contribution in [0, 0.1) is 0 Å². The number of hydrogen-bond donors (Lipinski definition) is 1. The molecule has 0 saturated carbocycles. The topological polar surface area (TPSA) is 38.3 Å². The first kappa shape index (κ1) is 15.0. The molecule has 0 heterocycles. The van der Waals surface area contributed by atoms with Crippen LogP contribution in [0.15, 0.2) is 24.3 Å². The van der Waals surface area contributed by atoms with Crippen molar-refractivity contribution in [1.29, 1.82) is 0 Å². The fraction of sp³-hybridized carbons (Fsp3) is 0.500. The summed E-state index contributed by atoms with van der Waals surface area (Å²) in [5.41, 5.74) is 0.627. The Labute approximate surface area is 113 Å². The monoisotopic (exact) mass is 269 g/mol. The van der Waals surface area contributed by atoms with E-state index in [2.05, 4.69) is 5.32 Å². The van der Waals surface area contributed by atoms with Crippen LogP contribution >= 0.6 is 11.6 Å². The molecule has 4 heteroatoms. The predicted octanol–water partition coefficient (Wildman–Crippen LogP) is 3.16. The van der Waals surface area contributed by atoms with Crippen molar-refractivity contribution in [3.05, 3.63) is 34.9 Å². The van der Waals surface area contributed by atoms with E-state index in [0.717, 1.165) is 5.56 Å². The summed E-state index contributed by atoms with van der Waals surface area (Å²) in [4.78, 5) is 11.7. The van der Waals surface area contributed by atoms with E-state index in [-0.39, 0.29) is 12.0 Å². The van der Waals surface area contributed by atoms with E-state index < -0.39 is 5.60 Å². The van der Waals surface area contributed by atoms with E-state index in [1.165, 1.54) is 0 Å². The van der Waals surface area contributed by atoms with Gasteiger partial charge in [0.25, 0.3) is 0 Å². The minimum Gasteiger partial charge on any atom is -0.459 e. The van der Waals surface area contributed by atoms with E-state index >= 15 is 0 Å². The van der Waals surface area contributed by atoms with Gasteiger partial charge in [-0.05, 0) is 45.4 Å². The SMILES string of the molecule is CC(NCc1ccc(Cl)cc1)C(=O)OC(C)(C)C. The first-order valence-corrected chi connectivity index (χ1v) is 6.36. The zero-order valence-corrected chi connectivity index (χ0v) is 12.0. The number of hydrogen-bond acceptors (Lipinski definition) is 3. The number of halogens is 1. The van der Waals surface area contributed by atoms with Gasteiger partial charge in [0, 0.05) is 11.6 Å². The molecule has 1 rings (SSSR count). The molecular weight excluding hydrogens is 250 g/mol. The second-order valence-corrected chi connectivity index (χ2v) is 5.70. The minimum absolute atomic E-state index is 0.239. The Morgan fingerprint density at radius 1 is 1.33 bits per heavy atom. The maximum Gasteiger partial charge on any atom is 0.323 e. The second-order valence-electron chi connectivity index (χ2n) is 5.26. The van der Waals surface area contributed by atoms with Crippen LogP contribution in [0.1, 0.15) is 33.3 Å². The number of rotatable bonds is 4. The quantitative estimate of drug-likeness (QED) is 0.854. The Balaban J connectivity index is 2.43. The highest BCUT2D eigenvalue weighted by Crippen LogP contribution is 2.10. The molecule has 3 nitrogen and oxygen atoms in total. The molecule has 100 valence electrons. The van der Waals surface area contributed by atoms with E-state index in [0.29, 0.717) is 11.6 Å². The first-order valence-electron chi connectivity index (χ1n) is 5.98. The molecule has 0 bridgehead atoms. The van der Waals surface area contributed by atoms with Gasteiger partial charge in [0.2, 0.25) is 0 Å². The molecule has 0 aliphatic carbocycles. The molecule has 1 unspecified atom stereocenters. The van der Waals surface area contributed by atoms with Gasteiger partial charge in [-0.2, -0.15) is 0 Å². The summed E-state index contributed by atoms with van der Waals surface area (Å²) in [6.45, 7) is 7.98. The molecule has 0 spiro atoms. The number of benzene rings is 1. The molecule has 0 radical (unpaired) electrons. The van der Waals surface area contributed by atoms with Crippen LogP contribution in [-0.2, 0) is 16.1 Å². The summed E-state index contributed by atoms with van der Waals surface area (Å²) < 4.78 is 5.28. The molecule has 1 N–H and O–H groups in total. The lowest BCUT2D eigenvalue weighted by molar-refractivity contribution is -0.157. The molecule has 1 aromatic carbocycles. The Morgan fingerprint density at radius 3 is 2.39 bits per heavy atom. The molecule has 0 amide bonds. The van der Waals surface area contributed by atoms with Gasteiger partial charge in [-0.15, -0.1) is 0 Å². The Hall–Kier alpha value is -1.06. The van der Waals surface area contributed by atoms with Gasteiger partial charge >= 0.3 is 5.97 Å². The normalized spacial score (nSPS) is 13.2. The van der Waals surface area contributed by atoms with Crippen LogP contribution in [0.25, 0.3) is 0 Å². The molecule has 0 aliphatic rings. The highest BCUT2D eigenvalue weighted by atomic mass is 35.5. The van der Waals surface area contributed by atoms with Gasteiger partial charge in [-0.25, -0.2) is 0 Å². The van der Waals surface area contributed by atoms with Crippen LogP contribution in [-0.4, -0.2) is 17.6 Å². The average Bonchev–Trinajstić information content (AvgIpc) is 2.25. The van der Waals surface area contributed by atoms with Crippen molar-refractivity contribution in [3.63, 3.8) is 0 Å². The van der Waals surface area contributed by atoms with Crippen molar-refractivity contribution in [1.82, 2.24) is 5.32 Å².